The maximum Gasteiger partial charge on any atom is 0.150 e. The minimum Gasteiger partial charge on any atom is -0.390 e. The zero-order valence-corrected chi connectivity index (χ0v) is 15.2. The summed E-state index contributed by atoms with van der Waals surface area (Å²) in [5.74, 6) is 2.02. The number of aliphatic hydroxyl groups is 1. The number of hydrogen-bond donors (Lipinski definition) is 2. The zero-order chi connectivity index (χ0) is 17.6. The summed E-state index contributed by atoms with van der Waals surface area (Å²) < 4.78 is 2.02. The van der Waals surface area contributed by atoms with E-state index < -0.39 is 0 Å². The first-order chi connectivity index (χ1) is 12.1. The van der Waals surface area contributed by atoms with Crippen molar-refractivity contribution in [3.63, 3.8) is 0 Å². The second kappa shape index (κ2) is 8.56. The molecule has 0 radical (unpaired) electrons. The molecule has 6 nitrogen and oxygen atoms in total. The Bertz CT molecular complexity index is 657. The normalized spacial score (nSPS) is 18.3. The molecule has 2 heterocycles. The molecule has 1 aromatic heterocycles. The van der Waals surface area contributed by atoms with E-state index in [0.717, 1.165) is 44.0 Å². The number of benzene rings is 1. The van der Waals surface area contributed by atoms with Gasteiger partial charge in [0.2, 0.25) is 0 Å². The highest BCUT2D eigenvalue weighted by molar-refractivity contribution is 5.14. The number of rotatable bonds is 8. The number of aliphatic hydroxyl groups excluding tert-OH is 1. The van der Waals surface area contributed by atoms with Crippen LogP contribution in [0.3, 0.4) is 0 Å². The van der Waals surface area contributed by atoms with Gasteiger partial charge in [-0.3, -0.25) is 4.90 Å². The largest absolute Gasteiger partial charge is 0.390 e. The maximum atomic E-state index is 10.3. The number of aromatic nitrogens is 3. The van der Waals surface area contributed by atoms with Crippen molar-refractivity contribution in [3.8, 4) is 0 Å². The monoisotopic (exact) mass is 343 g/mol. The molecule has 1 aliphatic heterocycles. The molecule has 2 aromatic rings. The van der Waals surface area contributed by atoms with E-state index in [1.807, 2.05) is 29.9 Å². The third-order valence-electron chi connectivity index (χ3n) is 4.68. The molecule has 0 bridgehead atoms. The predicted molar refractivity (Wildman–Crippen MR) is 98.3 cm³/mol. The molecule has 0 aliphatic carbocycles. The summed E-state index contributed by atoms with van der Waals surface area (Å²) in [6.45, 7) is 5.04. The van der Waals surface area contributed by atoms with E-state index in [2.05, 4.69) is 39.4 Å². The Kier molecular flexibility index (Phi) is 6.18. The Morgan fingerprint density at radius 1 is 1.36 bits per heavy atom. The third-order valence-corrected chi connectivity index (χ3v) is 4.68. The van der Waals surface area contributed by atoms with Gasteiger partial charge in [-0.1, -0.05) is 37.3 Å². The lowest BCUT2D eigenvalue weighted by molar-refractivity contribution is 0.116. The van der Waals surface area contributed by atoms with E-state index in [1.165, 1.54) is 5.56 Å². The fourth-order valence-corrected chi connectivity index (χ4v) is 3.36. The molecule has 25 heavy (non-hydrogen) atoms. The van der Waals surface area contributed by atoms with Gasteiger partial charge >= 0.3 is 0 Å². The van der Waals surface area contributed by atoms with Crippen LogP contribution in [0, 0.1) is 0 Å². The van der Waals surface area contributed by atoms with E-state index >= 15 is 0 Å². The van der Waals surface area contributed by atoms with Gasteiger partial charge in [0.1, 0.15) is 5.82 Å². The first-order valence-corrected chi connectivity index (χ1v) is 9.20. The van der Waals surface area contributed by atoms with E-state index in [0.29, 0.717) is 19.1 Å². The van der Waals surface area contributed by atoms with Gasteiger partial charge in [0.15, 0.2) is 5.82 Å². The fourth-order valence-electron chi connectivity index (χ4n) is 3.36. The van der Waals surface area contributed by atoms with Crippen LogP contribution in [0.1, 0.15) is 30.6 Å². The molecule has 136 valence electrons. The summed E-state index contributed by atoms with van der Waals surface area (Å²) in [6, 6.07) is 10.7. The summed E-state index contributed by atoms with van der Waals surface area (Å²) in [5.41, 5.74) is 1.27. The number of nitrogens with one attached hydrogen (secondary N) is 1. The van der Waals surface area contributed by atoms with Crippen molar-refractivity contribution < 1.29 is 5.11 Å². The van der Waals surface area contributed by atoms with Gasteiger partial charge < -0.3 is 10.4 Å². The molecule has 0 amide bonds. The van der Waals surface area contributed by atoms with Crippen LogP contribution in [0.25, 0.3) is 0 Å². The summed E-state index contributed by atoms with van der Waals surface area (Å²) in [7, 11) is 2.05. The lowest BCUT2D eigenvalue weighted by atomic mass is 10.1. The van der Waals surface area contributed by atoms with Crippen LogP contribution in [0.5, 0.6) is 0 Å². The van der Waals surface area contributed by atoms with E-state index in [1.54, 1.807) is 0 Å². The highest BCUT2D eigenvalue weighted by Gasteiger charge is 2.21. The van der Waals surface area contributed by atoms with Crippen molar-refractivity contribution >= 4 is 0 Å². The van der Waals surface area contributed by atoms with Crippen molar-refractivity contribution in [2.45, 2.75) is 51.4 Å². The smallest absolute Gasteiger partial charge is 0.150 e. The summed E-state index contributed by atoms with van der Waals surface area (Å²) >= 11 is 0. The lowest BCUT2D eigenvalue weighted by Crippen LogP contribution is -2.44. The molecule has 2 N–H and O–H groups in total. The second-order valence-electron chi connectivity index (χ2n) is 6.96. The molecule has 6 heteroatoms. The molecule has 1 aliphatic rings. The van der Waals surface area contributed by atoms with Gasteiger partial charge in [-0.2, -0.15) is 5.10 Å². The summed E-state index contributed by atoms with van der Waals surface area (Å²) in [6.07, 6.45) is 2.50. The van der Waals surface area contributed by atoms with E-state index in [9.17, 15) is 5.11 Å². The number of aryl methyl sites for hydroxylation is 2. The second-order valence-corrected chi connectivity index (χ2v) is 6.96. The van der Waals surface area contributed by atoms with Crippen LogP contribution in [-0.2, 0) is 25.9 Å². The Morgan fingerprint density at radius 2 is 2.16 bits per heavy atom. The molecule has 2 atom stereocenters. The van der Waals surface area contributed by atoms with Gasteiger partial charge in [0.25, 0.3) is 0 Å². The fraction of sp³-hybridized carbons (Fsp3) is 0.579. The molecular weight excluding hydrogens is 314 g/mol. The number of nitrogens with zero attached hydrogens (tertiary/aromatic N) is 4. The van der Waals surface area contributed by atoms with E-state index in [-0.39, 0.29) is 6.10 Å². The Labute approximate surface area is 149 Å². The number of likely N-dealkylation sites (N-methyl/N-ethyl adjacent to an activating group) is 1. The number of fused-ring (bicyclic) bond motifs is 1. The molecule has 0 unspecified atom stereocenters. The van der Waals surface area contributed by atoms with E-state index in [4.69, 9.17) is 0 Å². The molecule has 1 aromatic carbocycles. The average Bonchev–Trinajstić information content (AvgIpc) is 3.03. The Hall–Kier alpha value is -1.76. The number of hydrogen-bond acceptors (Lipinski definition) is 5. The molecule has 0 saturated carbocycles. The average molecular weight is 343 g/mol. The molecule has 3 rings (SSSR count). The lowest BCUT2D eigenvalue weighted by Gasteiger charge is -2.26. The molecule has 0 fully saturated rings. The van der Waals surface area contributed by atoms with Crippen LogP contribution in [0.2, 0.25) is 0 Å². The summed E-state index contributed by atoms with van der Waals surface area (Å²) in [4.78, 5) is 6.70. The van der Waals surface area contributed by atoms with Crippen molar-refractivity contribution in [1.29, 1.82) is 0 Å². The standard InChI is InChI=1S/C19H29N5O/c1-3-18-21-19-10-9-16(13-24(19)22-18)20-11-17(25)14-23(2)12-15-7-5-4-6-8-15/h4-8,16-17,20,25H,3,9-14H2,1-2H3/t16-,17-/m0/s1. The van der Waals surface area contributed by atoms with Gasteiger partial charge in [0.05, 0.1) is 12.6 Å². The van der Waals surface area contributed by atoms with Crippen LogP contribution in [0.4, 0.5) is 0 Å². The highest BCUT2D eigenvalue weighted by Crippen LogP contribution is 2.13. The maximum absolute atomic E-state index is 10.3. The van der Waals surface area contributed by atoms with Crippen molar-refractivity contribution in [2.24, 2.45) is 0 Å². The highest BCUT2D eigenvalue weighted by atomic mass is 16.3. The first-order valence-electron chi connectivity index (χ1n) is 9.20. The SMILES string of the molecule is CCc1nc2n(n1)C[C@@H](NC[C@H](O)CN(C)Cc1ccccc1)CC2. The van der Waals surface area contributed by atoms with Crippen LogP contribution in [0.15, 0.2) is 30.3 Å². The first kappa shape index (κ1) is 18.0. The van der Waals surface area contributed by atoms with Gasteiger partial charge in [-0.15, -0.1) is 0 Å². The van der Waals surface area contributed by atoms with Crippen molar-refractivity contribution in [1.82, 2.24) is 25.0 Å². The summed E-state index contributed by atoms with van der Waals surface area (Å²) in [5, 5.41) is 18.4. The van der Waals surface area contributed by atoms with Gasteiger partial charge in [-0.25, -0.2) is 9.67 Å². The third kappa shape index (κ3) is 5.11. The van der Waals surface area contributed by atoms with Crippen molar-refractivity contribution in [2.75, 3.05) is 20.1 Å². The minimum atomic E-state index is -0.378. The Morgan fingerprint density at radius 3 is 2.92 bits per heavy atom. The Balaban J connectivity index is 1.41. The topological polar surface area (TPSA) is 66.2 Å². The van der Waals surface area contributed by atoms with Crippen LogP contribution >= 0.6 is 0 Å². The zero-order valence-electron chi connectivity index (χ0n) is 15.2. The van der Waals surface area contributed by atoms with Crippen LogP contribution in [-0.4, -0.2) is 57.1 Å². The molecular formula is C19H29N5O. The van der Waals surface area contributed by atoms with Crippen molar-refractivity contribution in [3.05, 3.63) is 47.5 Å². The minimum absolute atomic E-state index is 0.355. The molecule has 0 spiro atoms. The van der Waals surface area contributed by atoms with Gasteiger partial charge in [0, 0.05) is 38.5 Å². The molecule has 0 saturated heterocycles. The van der Waals surface area contributed by atoms with Gasteiger partial charge in [-0.05, 0) is 19.0 Å². The quantitative estimate of drug-likeness (QED) is 0.755. The van der Waals surface area contributed by atoms with Crippen LogP contribution < -0.4 is 5.32 Å². The predicted octanol–water partition coefficient (Wildman–Crippen LogP) is 1.24.